The number of alkyl halides is 2. The lowest BCUT2D eigenvalue weighted by molar-refractivity contribution is -0.231. The predicted molar refractivity (Wildman–Crippen MR) is 155 cm³/mol. The third kappa shape index (κ3) is 10.3. The Kier molecular flexibility index (Phi) is 13.4. The highest BCUT2D eigenvalue weighted by molar-refractivity contribution is 6.31. The number of carboxylic acids is 1. The van der Waals surface area contributed by atoms with Crippen molar-refractivity contribution >= 4 is 17.6 Å². The zero-order chi connectivity index (χ0) is 31.5. The number of carbonyl (C=O) groups is 1. The Balaban J connectivity index is 0.000000353. The molecule has 12 heteroatoms. The Labute approximate surface area is 253 Å². The van der Waals surface area contributed by atoms with E-state index in [9.17, 15) is 34.0 Å². The number of aliphatic carboxylic acids is 1. The molecule has 9 nitrogen and oxygen atoms in total. The van der Waals surface area contributed by atoms with Crippen molar-refractivity contribution in [1.82, 2.24) is 0 Å². The second-order valence-electron chi connectivity index (χ2n) is 10.1. The fraction of sp³-hybridized carbons (Fsp3) is 0.387. The molecule has 1 aliphatic rings. The van der Waals surface area contributed by atoms with Crippen LogP contribution in [0.1, 0.15) is 33.9 Å². The maximum atomic E-state index is 12.1. The summed E-state index contributed by atoms with van der Waals surface area (Å²) in [6.07, 6.45) is -4.97. The highest BCUT2D eigenvalue weighted by Gasteiger charge is 2.44. The van der Waals surface area contributed by atoms with E-state index in [2.05, 4.69) is 4.74 Å². The van der Waals surface area contributed by atoms with Crippen molar-refractivity contribution in [1.29, 1.82) is 0 Å². The van der Waals surface area contributed by atoms with E-state index < -0.39 is 55.7 Å². The number of aliphatic hydroxyl groups is 4. The van der Waals surface area contributed by atoms with Gasteiger partial charge in [-0.25, -0.2) is 0 Å². The number of halogens is 3. The average Bonchev–Trinajstić information content (AvgIpc) is 2.99. The van der Waals surface area contributed by atoms with Gasteiger partial charge in [-0.2, -0.15) is 8.78 Å². The lowest BCUT2D eigenvalue weighted by atomic mass is 9.90. The van der Waals surface area contributed by atoms with Gasteiger partial charge in [-0.15, -0.1) is 0 Å². The number of aliphatic hydroxyl groups excluding tert-OH is 4. The van der Waals surface area contributed by atoms with Crippen LogP contribution in [0.4, 0.5) is 8.78 Å². The molecule has 1 heterocycles. The molecular formula is C31H36ClF2NO8. The summed E-state index contributed by atoms with van der Waals surface area (Å²) in [5.41, 5.74) is 9.41. The smallest absolute Gasteiger partial charge is 0.345 e. The molecule has 4 rings (SSSR count). The molecule has 0 amide bonds. The fourth-order valence-electron chi connectivity index (χ4n) is 4.55. The van der Waals surface area contributed by atoms with Crippen molar-refractivity contribution in [2.24, 2.45) is 5.73 Å². The number of hydrogen-bond donors (Lipinski definition) is 6. The summed E-state index contributed by atoms with van der Waals surface area (Å²) in [7, 11) is 0. The molecule has 3 aromatic rings. The van der Waals surface area contributed by atoms with E-state index in [0.29, 0.717) is 29.8 Å². The molecule has 1 saturated heterocycles. The molecule has 0 aliphatic carbocycles. The van der Waals surface area contributed by atoms with Crippen molar-refractivity contribution in [2.75, 3.05) is 13.2 Å². The standard InChI is InChI=1S/C22H25ClF2O6.C9H11NO2/c23-16-6-5-14(21-20(29)19(28)18(27)17(11-26)31-21)10-15(16)9-13-3-1-12(2-4-13)7-8-30-22(24)25;10-8(9(11)12)6-7-4-2-1-3-5-7/h1-6,10,17-22,26-29H,7-9,11H2;1-5,8H,6,10H2,(H,11,12)/t17-,18-,19+,20-,21+;8-/m10/s1. The Morgan fingerprint density at radius 2 is 1.58 bits per heavy atom. The summed E-state index contributed by atoms with van der Waals surface area (Å²) in [6.45, 7) is -3.35. The summed E-state index contributed by atoms with van der Waals surface area (Å²) in [6, 6.07) is 21.0. The second-order valence-corrected chi connectivity index (χ2v) is 10.5. The largest absolute Gasteiger partial charge is 0.480 e. The van der Waals surface area contributed by atoms with Crippen molar-refractivity contribution < 1.29 is 48.6 Å². The van der Waals surface area contributed by atoms with Gasteiger partial charge in [0.25, 0.3) is 0 Å². The number of benzene rings is 3. The van der Waals surface area contributed by atoms with Gasteiger partial charge >= 0.3 is 12.6 Å². The zero-order valence-corrected chi connectivity index (χ0v) is 23.9. The minimum absolute atomic E-state index is 0.0655. The van der Waals surface area contributed by atoms with E-state index in [1.807, 2.05) is 54.6 Å². The molecule has 234 valence electrons. The van der Waals surface area contributed by atoms with Gasteiger partial charge < -0.3 is 40.7 Å². The van der Waals surface area contributed by atoms with Crippen LogP contribution in [0.15, 0.2) is 72.8 Å². The van der Waals surface area contributed by atoms with Gasteiger partial charge in [0.05, 0.1) is 13.2 Å². The Morgan fingerprint density at radius 1 is 0.930 bits per heavy atom. The number of carboxylic acid groups (broad SMARTS) is 1. The summed E-state index contributed by atoms with van der Waals surface area (Å²) < 4.78 is 34.0. The topological polar surface area (TPSA) is 163 Å². The summed E-state index contributed by atoms with van der Waals surface area (Å²) in [5.74, 6) is -0.959. The molecule has 3 aromatic carbocycles. The first-order valence-corrected chi connectivity index (χ1v) is 14.0. The Hall–Kier alpha value is -3.00. The van der Waals surface area contributed by atoms with Crippen LogP contribution in [0.25, 0.3) is 0 Å². The quantitative estimate of drug-likeness (QED) is 0.189. The van der Waals surface area contributed by atoms with Gasteiger partial charge in [0, 0.05) is 5.02 Å². The SMILES string of the molecule is N[C@@H](Cc1ccccc1)C(=O)O.OC[C@H]1O[C@@H](c2ccc(Cl)c(Cc3ccc(CCOC(F)F)cc3)c2)[C@H](O)[C@@H](O)[C@@H]1O. The average molecular weight is 624 g/mol. The Bertz CT molecular complexity index is 1280. The highest BCUT2D eigenvalue weighted by Crippen LogP contribution is 2.34. The van der Waals surface area contributed by atoms with Crippen LogP contribution in [0.3, 0.4) is 0 Å². The lowest BCUT2D eigenvalue weighted by Gasteiger charge is -2.40. The van der Waals surface area contributed by atoms with E-state index in [4.69, 9.17) is 27.2 Å². The third-order valence-electron chi connectivity index (χ3n) is 6.96. The first kappa shape index (κ1) is 34.5. The van der Waals surface area contributed by atoms with Crippen LogP contribution in [-0.2, 0) is 33.5 Å². The third-order valence-corrected chi connectivity index (χ3v) is 7.33. The number of ether oxygens (including phenoxy) is 2. The van der Waals surface area contributed by atoms with Gasteiger partial charge in [-0.05, 0) is 53.1 Å². The van der Waals surface area contributed by atoms with E-state index in [1.165, 1.54) is 0 Å². The first-order valence-electron chi connectivity index (χ1n) is 13.6. The minimum atomic E-state index is -2.78. The second kappa shape index (κ2) is 16.7. The van der Waals surface area contributed by atoms with Gasteiger partial charge in [-0.1, -0.05) is 78.3 Å². The van der Waals surface area contributed by atoms with E-state index in [-0.39, 0.29) is 6.61 Å². The molecule has 0 bridgehead atoms. The minimum Gasteiger partial charge on any atom is -0.480 e. The first-order chi connectivity index (χ1) is 20.5. The molecule has 0 saturated carbocycles. The van der Waals surface area contributed by atoms with Crippen LogP contribution >= 0.6 is 11.6 Å². The molecule has 6 atom stereocenters. The molecule has 43 heavy (non-hydrogen) atoms. The van der Waals surface area contributed by atoms with Crippen LogP contribution < -0.4 is 5.73 Å². The lowest BCUT2D eigenvalue weighted by Crippen LogP contribution is -2.55. The summed E-state index contributed by atoms with van der Waals surface area (Å²) in [5, 5.41) is 48.8. The predicted octanol–water partition coefficient (Wildman–Crippen LogP) is 2.87. The van der Waals surface area contributed by atoms with Crippen molar-refractivity contribution in [3.63, 3.8) is 0 Å². The van der Waals surface area contributed by atoms with Crippen molar-refractivity contribution in [2.45, 2.75) is 62.4 Å². The van der Waals surface area contributed by atoms with E-state index >= 15 is 0 Å². The normalized spacial score (nSPS) is 22.5. The maximum absolute atomic E-state index is 12.1. The molecule has 7 N–H and O–H groups in total. The number of hydrogen-bond acceptors (Lipinski definition) is 8. The molecule has 1 aliphatic heterocycles. The number of rotatable bonds is 11. The fourth-order valence-corrected chi connectivity index (χ4v) is 4.73. The van der Waals surface area contributed by atoms with Gasteiger partial charge in [0.2, 0.25) is 0 Å². The maximum Gasteiger partial charge on any atom is 0.345 e. The van der Waals surface area contributed by atoms with Crippen LogP contribution in [0.2, 0.25) is 5.02 Å². The van der Waals surface area contributed by atoms with Gasteiger partial charge in [-0.3, -0.25) is 4.79 Å². The van der Waals surface area contributed by atoms with Crippen LogP contribution in [0.5, 0.6) is 0 Å². The van der Waals surface area contributed by atoms with E-state index in [1.54, 1.807) is 18.2 Å². The molecule has 1 fully saturated rings. The Morgan fingerprint density at radius 3 is 2.19 bits per heavy atom. The zero-order valence-electron chi connectivity index (χ0n) is 23.2. The van der Waals surface area contributed by atoms with Gasteiger partial charge in [0.1, 0.15) is 36.6 Å². The van der Waals surface area contributed by atoms with Crippen molar-refractivity contribution in [3.05, 3.63) is 106 Å². The molecule has 0 aromatic heterocycles. The van der Waals surface area contributed by atoms with Crippen molar-refractivity contribution in [3.8, 4) is 0 Å². The molecule has 0 radical (unpaired) electrons. The van der Waals surface area contributed by atoms with E-state index in [0.717, 1.165) is 22.3 Å². The van der Waals surface area contributed by atoms with Crippen LogP contribution in [0, 0.1) is 0 Å². The summed E-state index contributed by atoms with van der Waals surface area (Å²) in [4.78, 5) is 10.4. The van der Waals surface area contributed by atoms with Gasteiger partial charge in [0.15, 0.2) is 0 Å². The highest BCUT2D eigenvalue weighted by atomic mass is 35.5. The molecular weight excluding hydrogens is 588 g/mol. The monoisotopic (exact) mass is 623 g/mol. The molecule has 0 spiro atoms. The van der Waals surface area contributed by atoms with Crippen LogP contribution in [-0.4, -0.2) is 81.8 Å². The summed E-state index contributed by atoms with van der Waals surface area (Å²) >= 11 is 6.34. The number of nitrogens with two attached hydrogens (primary N) is 1. The molecule has 0 unspecified atom stereocenters.